The Hall–Kier alpha value is -2.30. The molecule has 4 nitrogen and oxygen atoms in total. The topological polar surface area (TPSA) is 37.3 Å². The molecule has 0 radical (unpaired) electrons. The van der Waals surface area contributed by atoms with Crippen LogP contribution in [0.3, 0.4) is 0 Å². The lowest BCUT2D eigenvalue weighted by Gasteiger charge is -2.31. The van der Waals surface area contributed by atoms with Crippen molar-refractivity contribution in [3.63, 3.8) is 0 Å². The Bertz CT molecular complexity index is 1040. The summed E-state index contributed by atoms with van der Waals surface area (Å²) >= 11 is 6.27. The molecule has 1 aliphatic heterocycles. The number of amides is 1. The van der Waals surface area contributed by atoms with Crippen molar-refractivity contribution in [2.24, 2.45) is 5.92 Å². The summed E-state index contributed by atoms with van der Waals surface area (Å²) in [4.78, 5) is 15.3. The molecule has 1 aromatic heterocycles. The van der Waals surface area contributed by atoms with E-state index in [0.29, 0.717) is 0 Å². The van der Waals surface area contributed by atoms with E-state index in [1.807, 2.05) is 12.1 Å². The molecule has 1 aliphatic rings. The number of hydrogen-bond acceptors (Lipinski definition) is 2. The van der Waals surface area contributed by atoms with Gasteiger partial charge < -0.3 is 9.88 Å². The van der Waals surface area contributed by atoms with Crippen LogP contribution in [0.1, 0.15) is 44.2 Å². The summed E-state index contributed by atoms with van der Waals surface area (Å²) < 4.78 is 2.29. The first kappa shape index (κ1) is 22.9. The molecule has 5 heteroatoms. The number of nitrogens with zero attached hydrogens (tertiary/aromatic N) is 2. The third-order valence-corrected chi connectivity index (χ3v) is 6.95. The van der Waals surface area contributed by atoms with E-state index in [4.69, 9.17) is 11.6 Å². The van der Waals surface area contributed by atoms with Crippen molar-refractivity contribution in [2.75, 3.05) is 13.1 Å². The Morgan fingerprint density at radius 2 is 1.91 bits per heavy atom. The first-order valence-electron chi connectivity index (χ1n) is 11.9. The van der Waals surface area contributed by atoms with Gasteiger partial charge in [-0.3, -0.25) is 9.69 Å². The quantitative estimate of drug-likeness (QED) is 0.479. The number of piperidine rings is 1. The molecule has 2 heterocycles. The van der Waals surface area contributed by atoms with E-state index >= 15 is 0 Å². The molecule has 1 atom stereocenters. The Morgan fingerprint density at radius 1 is 1.16 bits per heavy atom. The van der Waals surface area contributed by atoms with Crippen LogP contribution in [0.2, 0.25) is 5.02 Å². The summed E-state index contributed by atoms with van der Waals surface area (Å²) in [5.74, 6) is 0.344. The number of fused-ring (bicyclic) bond motifs is 1. The molecule has 4 rings (SSSR count). The summed E-state index contributed by atoms with van der Waals surface area (Å²) in [7, 11) is 0. The predicted molar refractivity (Wildman–Crippen MR) is 133 cm³/mol. The molecule has 1 saturated heterocycles. The van der Waals surface area contributed by atoms with Crippen LogP contribution in [0, 0.1) is 5.92 Å². The minimum absolute atomic E-state index is 0.122. The fourth-order valence-corrected chi connectivity index (χ4v) is 4.96. The smallest absolute Gasteiger partial charge is 0.223 e. The molecule has 0 saturated carbocycles. The van der Waals surface area contributed by atoms with E-state index < -0.39 is 0 Å². The maximum atomic E-state index is 12.8. The lowest BCUT2D eigenvalue weighted by atomic mass is 9.95. The monoisotopic (exact) mass is 451 g/mol. The summed E-state index contributed by atoms with van der Waals surface area (Å²) in [6.07, 6.45) is 6.07. The number of rotatable bonds is 8. The molecule has 170 valence electrons. The van der Waals surface area contributed by atoms with Crippen LogP contribution >= 0.6 is 11.6 Å². The molecule has 1 amide bonds. The van der Waals surface area contributed by atoms with Crippen LogP contribution in [0.25, 0.3) is 10.9 Å². The van der Waals surface area contributed by atoms with Gasteiger partial charge in [0.05, 0.1) is 0 Å². The molecule has 0 spiro atoms. The van der Waals surface area contributed by atoms with Crippen molar-refractivity contribution < 1.29 is 4.79 Å². The van der Waals surface area contributed by atoms with E-state index in [0.717, 1.165) is 56.9 Å². The molecule has 1 fully saturated rings. The minimum atomic E-state index is 0.122. The fraction of sp³-hybridized carbons (Fsp3) is 0.444. The van der Waals surface area contributed by atoms with Gasteiger partial charge in [0.2, 0.25) is 5.91 Å². The maximum absolute atomic E-state index is 12.8. The van der Waals surface area contributed by atoms with Crippen LogP contribution in [0.5, 0.6) is 0 Å². The summed E-state index contributed by atoms with van der Waals surface area (Å²) in [5, 5.41) is 5.27. The van der Waals surface area contributed by atoms with Crippen molar-refractivity contribution in [1.29, 1.82) is 0 Å². The van der Waals surface area contributed by atoms with Gasteiger partial charge in [0.15, 0.2) is 0 Å². The fourth-order valence-electron chi connectivity index (χ4n) is 4.79. The highest BCUT2D eigenvalue weighted by molar-refractivity contribution is 6.31. The minimum Gasteiger partial charge on any atom is -0.353 e. The standard InChI is InChI=1S/C27H34ClN3O/c1-3-31-19-23(25-17-24(28)11-12-26(25)31)18-30-15-13-22(14-16-30)27(32)29-20(2)9-10-21-7-5-4-6-8-21/h4-8,11-12,17,19-20,22H,3,9-10,13-16,18H2,1-2H3,(H,29,32). The molecule has 1 unspecified atom stereocenters. The molecule has 0 aliphatic carbocycles. The van der Waals surface area contributed by atoms with E-state index in [1.54, 1.807) is 0 Å². The van der Waals surface area contributed by atoms with Crippen molar-refractivity contribution in [2.45, 2.75) is 58.7 Å². The lowest BCUT2D eigenvalue weighted by Crippen LogP contribution is -2.43. The van der Waals surface area contributed by atoms with Crippen molar-refractivity contribution in [3.05, 3.63) is 70.9 Å². The second-order valence-electron chi connectivity index (χ2n) is 9.09. The average Bonchev–Trinajstić information content (AvgIpc) is 3.15. The van der Waals surface area contributed by atoms with Crippen LogP contribution in [-0.2, 0) is 24.3 Å². The molecular weight excluding hydrogens is 418 g/mol. The maximum Gasteiger partial charge on any atom is 0.223 e. The molecule has 2 aromatic carbocycles. The number of carbonyl (C=O) groups excluding carboxylic acids is 1. The average molecular weight is 452 g/mol. The second-order valence-corrected chi connectivity index (χ2v) is 9.52. The zero-order valence-corrected chi connectivity index (χ0v) is 19.9. The molecule has 0 bridgehead atoms. The Morgan fingerprint density at radius 3 is 2.62 bits per heavy atom. The number of halogens is 1. The number of aryl methyl sites for hydroxylation is 2. The van der Waals surface area contributed by atoms with Crippen LogP contribution in [0.15, 0.2) is 54.7 Å². The van der Waals surface area contributed by atoms with Gasteiger partial charge >= 0.3 is 0 Å². The first-order chi connectivity index (χ1) is 15.5. The van der Waals surface area contributed by atoms with Crippen molar-refractivity contribution >= 4 is 28.4 Å². The highest BCUT2D eigenvalue weighted by Gasteiger charge is 2.26. The first-order valence-corrected chi connectivity index (χ1v) is 12.2. The van der Waals surface area contributed by atoms with E-state index in [9.17, 15) is 4.79 Å². The van der Waals surface area contributed by atoms with E-state index in [-0.39, 0.29) is 17.9 Å². The number of aromatic nitrogens is 1. The third kappa shape index (κ3) is 5.54. The van der Waals surface area contributed by atoms with Crippen LogP contribution < -0.4 is 5.32 Å². The van der Waals surface area contributed by atoms with Crippen LogP contribution in [0.4, 0.5) is 0 Å². The van der Waals surface area contributed by atoms with Gasteiger partial charge in [-0.1, -0.05) is 41.9 Å². The molecule has 32 heavy (non-hydrogen) atoms. The van der Waals surface area contributed by atoms with Crippen LogP contribution in [-0.4, -0.2) is 34.5 Å². The zero-order chi connectivity index (χ0) is 22.5. The highest BCUT2D eigenvalue weighted by atomic mass is 35.5. The summed E-state index contributed by atoms with van der Waals surface area (Å²) in [6, 6.07) is 16.8. The second kappa shape index (κ2) is 10.5. The molecular formula is C27H34ClN3O. The van der Waals surface area contributed by atoms with E-state index in [2.05, 4.69) is 71.2 Å². The van der Waals surface area contributed by atoms with Gasteiger partial charge in [-0.15, -0.1) is 0 Å². The molecule has 1 N–H and O–H groups in total. The number of hydrogen-bond donors (Lipinski definition) is 1. The number of nitrogens with one attached hydrogen (secondary N) is 1. The highest BCUT2D eigenvalue weighted by Crippen LogP contribution is 2.28. The van der Waals surface area contributed by atoms with Gasteiger partial charge in [-0.2, -0.15) is 0 Å². The van der Waals surface area contributed by atoms with Gasteiger partial charge in [0, 0.05) is 47.2 Å². The SMILES string of the molecule is CCn1cc(CN2CCC(C(=O)NC(C)CCc3ccccc3)CC2)c2cc(Cl)ccc21. The Labute approximate surface area is 196 Å². The third-order valence-electron chi connectivity index (χ3n) is 6.72. The number of benzene rings is 2. The van der Waals surface area contributed by atoms with Gasteiger partial charge in [0.25, 0.3) is 0 Å². The summed E-state index contributed by atoms with van der Waals surface area (Å²) in [5.41, 5.74) is 3.89. The number of carbonyl (C=O) groups is 1. The van der Waals surface area contributed by atoms with Gasteiger partial charge in [-0.05, 0) is 81.9 Å². The predicted octanol–water partition coefficient (Wildman–Crippen LogP) is 5.66. The largest absolute Gasteiger partial charge is 0.353 e. The number of likely N-dealkylation sites (tertiary alicyclic amines) is 1. The zero-order valence-electron chi connectivity index (χ0n) is 19.2. The van der Waals surface area contributed by atoms with E-state index in [1.165, 1.54) is 22.0 Å². The molecule has 3 aromatic rings. The van der Waals surface area contributed by atoms with Gasteiger partial charge in [0.1, 0.15) is 0 Å². The lowest BCUT2D eigenvalue weighted by molar-refractivity contribution is -0.127. The van der Waals surface area contributed by atoms with Crippen molar-refractivity contribution in [1.82, 2.24) is 14.8 Å². The normalized spacial score (nSPS) is 16.3. The summed E-state index contributed by atoms with van der Waals surface area (Å²) in [6.45, 7) is 8.05. The van der Waals surface area contributed by atoms with Gasteiger partial charge in [-0.25, -0.2) is 0 Å². The van der Waals surface area contributed by atoms with Crippen molar-refractivity contribution in [3.8, 4) is 0 Å². The Balaban J connectivity index is 1.27. The Kier molecular flexibility index (Phi) is 7.54.